The zero-order chi connectivity index (χ0) is 22.9. The van der Waals surface area contributed by atoms with Crippen LogP contribution in [0.4, 0.5) is 18.9 Å². The number of halogens is 5. The van der Waals surface area contributed by atoms with Crippen LogP contribution in [0.2, 0.25) is 0 Å². The lowest BCUT2D eigenvalue weighted by atomic mass is 10.1. The number of hydrogen-bond donors (Lipinski definition) is 1. The Kier molecular flexibility index (Phi) is 6.92. The molecule has 2 aromatic carbocycles. The molecule has 1 saturated carbocycles. The molecule has 0 heterocycles. The third kappa shape index (κ3) is 4.85. The smallest absolute Gasteiger partial charge is 0.310 e. The second-order valence-electron chi connectivity index (χ2n) is 8.15. The van der Waals surface area contributed by atoms with Crippen molar-refractivity contribution >= 4 is 34.9 Å². The largest absolute Gasteiger partial charge is 0.460 e. The molecule has 3 rings (SSSR count). The molecule has 1 fully saturated rings. The fraction of sp³-hybridized carbons (Fsp3) is 0.348. The Morgan fingerprint density at radius 1 is 1.13 bits per heavy atom. The molecule has 0 radical (unpaired) electrons. The van der Waals surface area contributed by atoms with Crippen molar-refractivity contribution in [2.45, 2.75) is 33.9 Å². The minimum atomic E-state index is -1.31. The number of carbonyl (C=O) groups excluding carboxylic acids is 1. The number of rotatable bonds is 7. The van der Waals surface area contributed by atoms with E-state index in [2.05, 4.69) is 5.32 Å². The maximum Gasteiger partial charge on any atom is 0.310 e. The van der Waals surface area contributed by atoms with Gasteiger partial charge in [0.15, 0.2) is 17.5 Å². The summed E-state index contributed by atoms with van der Waals surface area (Å²) < 4.78 is 49.0. The number of nitrogens with one attached hydrogen (secondary N) is 1. The Morgan fingerprint density at radius 2 is 1.77 bits per heavy atom. The first-order chi connectivity index (χ1) is 14.6. The molecule has 0 saturated heterocycles. The first-order valence-corrected chi connectivity index (χ1v) is 10.4. The van der Waals surface area contributed by atoms with Gasteiger partial charge in [0.1, 0.15) is 11.1 Å². The van der Waals surface area contributed by atoms with Crippen molar-refractivity contribution in [1.82, 2.24) is 0 Å². The number of hydrogen-bond acceptors (Lipinski definition) is 3. The Hall–Kier alpha value is -2.18. The number of ether oxygens (including phenoxy) is 1. The van der Waals surface area contributed by atoms with E-state index in [1.54, 1.807) is 6.08 Å². The first kappa shape index (κ1) is 23.5. The summed E-state index contributed by atoms with van der Waals surface area (Å²) in [5.74, 6) is -4.88. The van der Waals surface area contributed by atoms with E-state index in [9.17, 15) is 18.0 Å². The van der Waals surface area contributed by atoms with E-state index in [-0.39, 0.29) is 28.2 Å². The summed E-state index contributed by atoms with van der Waals surface area (Å²) in [5.41, 5.74) is -0.690. The summed E-state index contributed by atoms with van der Waals surface area (Å²) >= 11 is 11.4. The molecule has 0 aliphatic heterocycles. The quantitative estimate of drug-likeness (QED) is 0.362. The van der Waals surface area contributed by atoms with Gasteiger partial charge in [-0.3, -0.25) is 4.79 Å². The number of carbonyl (C=O) groups is 1. The van der Waals surface area contributed by atoms with Gasteiger partial charge in [0.05, 0.1) is 17.2 Å². The monoisotopic (exact) mass is 471 g/mol. The molecular weight excluding hydrogens is 450 g/mol. The maximum absolute atomic E-state index is 14.8. The lowest BCUT2D eigenvalue weighted by molar-refractivity contribution is -0.147. The van der Waals surface area contributed by atoms with Gasteiger partial charge in [-0.15, -0.1) is 0 Å². The average molecular weight is 472 g/mol. The molecule has 1 aliphatic rings. The highest BCUT2D eigenvalue weighted by molar-refractivity contribution is 6.55. The van der Waals surface area contributed by atoms with E-state index in [4.69, 9.17) is 27.9 Å². The second kappa shape index (κ2) is 9.13. The van der Waals surface area contributed by atoms with Crippen LogP contribution >= 0.6 is 23.2 Å². The molecule has 0 spiro atoms. The summed E-state index contributed by atoms with van der Waals surface area (Å²) in [6, 6.07) is 9.06. The van der Waals surface area contributed by atoms with Crippen molar-refractivity contribution in [1.29, 1.82) is 0 Å². The van der Waals surface area contributed by atoms with Gasteiger partial charge in [-0.25, -0.2) is 13.2 Å². The molecule has 0 bridgehead atoms. The molecule has 1 N–H and O–H groups in total. The van der Waals surface area contributed by atoms with Crippen molar-refractivity contribution in [3.63, 3.8) is 0 Å². The first-order valence-electron chi connectivity index (χ1n) is 9.68. The molecule has 3 nitrogen and oxygen atoms in total. The van der Waals surface area contributed by atoms with Gasteiger partial charge >= 0.3 is 5.97 Å². The number of benzene rings is 2. The van der Waals surface area contributed by atoms with E-state index in [1.807, 2.05) is 44.2 Å². The van der Waals surface area contributed by atoms with Crippen LogP contribution < -0.4 is 5.32 Å². The third-order valence-electron chi connectivity index (χ3n) is 5.78. The van der Waals surface area contributed by atoms with Gasteiger partial charge < -0.3 is 10.1 Å². The molecule has 166 valence electrons. The molecule has 0 amide bonds. The number of allylic oxidation sites excluding steroid dienone is 1. The highest BCUT2D eigenvalue weighted by atomic mass is 35.5. The Balaban J connectivity index is 1.81. The molecule has 31 heavy (non-hydrogen) atoms. The molecule has 0 aromatic heterocycles. The average Bonchev–Trinajstić information content (AvgIpc) is 3.26. The van der Waals surface area contributed by atoms with E-state index < -0.39 is 46.9 Å². The number of esters is 1. The highest BCUT2D eigenvalue weighted by Crippen LogP contribution is 2.60. The topological polar surface area (TPSA) is 38.3 Å². The normalized spacial score (nSPS) is 19.0. The Morgan fingerprint density at radius 3 is 2.39 bits per heavy atom. The molecule has 0 unspecified atom stereocenters. The van der Waals surface area contributed by atoms with Crippen LogP contribution in [0.1, 0.15) is 30.5 Å². The van der Waals surface area contributed by atoms with Crippen LogP contribution in [0.5, 0.6) is 0 Å². The van der Waals surface area contributed by atoms with E-state index in [0.29, 0.717) is 0 Å². The van der Waals surface area contributed by atoms with Gasteiger partial charge in [0, 0.05) is 12.1 Å². The van der Waals surface area contributed by atoms with E-state index in [1.165, 1.54) is 0 Å². The predicted octanol–water partition coefficient (Wildman–Crippen LogP) is 6.66. The fourth-order valence-corrected chi connectivity index (χ4v) is 4.01. The van der Waals surface area contributed by atoms with Gasteiger partial charge in [-0.05, 0) is 29.9 Å². The summed E-state index contributed by atoms with van der Waals surface area (Å²) in [6.07, 6.45) is 1.55. The molecule has 8 heteroatoms. The summed E-state index contributed by atoms with van der Waals surface area (Å²) in [6.45, 7) is 4.40. The van der Waals surface area contributed by atoms with Crippen LogP contribution in [0.3, 0.4) is 0 Å². The molecular formula is C23H22Cl2F3NO2. The molecule has 2 atom stereocenters. The van der Waals surface area contributed by atoms with E-state index >= 15 is 0 Å². The van der Waals surface area contributed by atoms with Gasteiger partial charge in [0.25, 0.3) is 0 Å². The lowest BCUT2D eigenvalue weighted by Gasteiger charge is -2.17. The molecule has 1 aliphatic carbocycles. The van der Waals surface area contributed by atoms with Gasteiger partial charge in [-0.1, -0.05) is 67.4 Å². The van der Waals surface area contributed by atoms with E-state index in [0.717, 1.165) is 12.5 Å². The minimum Gasteiger partial charge on any atom is -0.460 e. The van der Waals surface area contributed by atoms with Crippen LogP contribution in [0.15, 0.2) is 40.9 Å². The maximum atomic E-state index is 14.8. The van der Waals surface area contributed by atoms with Crippen LogP contribution in [-0.4, -0.2) is 5.97 Å². The third-order valence-corrected chi connectivity index (χ3v) is 6.03. The van der Waals surface area contributed by atoms with Gasteiger partial charge in [-0.2, -0.15) is 0 Å². The zero-order valence-electron chi connectivity index (χ0n) is 17.2. The standard InChI is InChI=1S/C23H22Cl2F3NO2/c1-12-18(26)20(28)14(21(19(12)27)29-10-13-7-5-4-6-8-13)11-31-22(30)17-15(9-16(24)25)23(17,2)3/h4-9,15,17,29H,10-11H2,1-3H3/t15-,17+/m1/s1. The highest BCUT2D eigenvalue weighted by Gasteiger charge is 2.61. The molecule has 2 aromatic rings. The van der Waals surface area contributed by atoms with Crippen LogP contribution in [-0.2, 0) is 22.7 Å². The van der Waals surface area contributed by atoms with Crippen LogP contribution in [0, 0.1) is 41.6 Å². The van der Waals surface area contributed by atoms with Crippen molar-refractivity contribution < 1.29 is 22.7 Å². The van der Waals surface area contributed by atoms with Crippen molar-refractivity contribution in [3.8, 4) is 0 Å². The fourth-order valence-electron chi connectivity index (χ4n) is 3.74. The SMILES string of the molecule is Cc1c(F)c(F)c(COC(=O)[C@@H]2[C@@H](C=C(Cl)Cl)C2(C)C)c(NCc2ccccc2)c1F. The number of anilines is 1. The summed E-state index contributed by atoms with van der Waals surface area (Å²) in [5, 5.41) is 2.81. The Labute approximate surface area is 189 Å². The van der Waals surface area contributed by atoms with Gasteiger partial charge in [0.2, 0.25) is 0 Å². The minimum absolute atomic E-state index is 0.0366. The Bertz CT molecular complexity index is 1020. The zero-order valence-corrected chi connectivity index (χ0v) is 18.8. The van der Waals surface area contributed by atoms with Crippen molar-refractivity contribution in [3.05, 3.63) is 75.0 Å². The summed E-state index contributed by atoms with van der Waals surface area (Å²) in [4.78, 5) is 12.6. The lowest BCUT2D eigenvalue weighted by Crippen LogP contribution is -2.15. The van der Waals surface area contributed by atoms with Crippen molar-refractivity contribution in [2.75, 3.05) is 5.32 Å². The van der Waals surface area contributed by atoms with Crippen molar-refractivity contribution in [2.24, 2.45) is 17.3 Å². The second-order valence-corrected chi connectivity index (χ2v) is 9.16. The summed E-state index contributed by atoms with van der Waals surface area (Å²) in [7, 11) is 0. The van der Waals surface area contributed by atoms with Crippen LogP contribution in [0.25, 0.3) is 0 Å². The predicted molar refractivity (Wildman–Crippen MR) is 115 cm³/mol.